The van der Waals surface area contributed by atoms with Gasteiger partial charge in [-0.15, -0.1) is 5.10 Å². The van der Waals surface area contributed by atoms with Gasteiger partial charge in [0, 0.05) is 23.5 Å². The quantitative estimate of drug-likeness (QED) is 0.836. The molecule has 2 aromatic heterocycles. The summed E-state index contributed by atoms with van der Waals surface area (Å²) in [6.07, 6.45) is 3.58. The molecule has 1 N–H and O–H groups in total. The molecule has 0 spiro atoms. The van der Waals surface area contributed by atoms with Crippen molar-refractivity contribution in [3.05, 3.63) is 22.8 Å². The molecule has 0 aliphatic rings. The number of pyridine rings is 1. The third kappa shape index (κ3) is 3.67. The lowest BCUT2D eigenvalue weighted by atomic mass is 10.5. The Balaban J connectivity index is 1.96. The standard InChI is InChI=1S/C10H13BrN4O2S/c1-18(16,17)6-2-5-12-10-13-9-4-3-8(11)7-15(9)14-10/h3-4,7H,2,5-6H2,1H3,(H,12,14). The van der Waals surface area contributed by atoms with Crippen molar-refractivity contribution in [2.24, 2.45) is 0 Å². The van der Waals surface area contributed by atoms with E-state index in [1.165, 1.54) is 6.26 Å². The van der Waals surface area contributed by atoms with Gasteiger partial charge < -0.3 is 5.32 Å². The zero-order chi connectivity index (χ0) is 13.2. The van der Waals surface area contributed by atoms with Gasteiger partial charge in [-0.3, -0.25) is 0 Å². The SMILES string of the molecule is CS(=O)(=O)CCCNc1nc2ccc(Br)cn2n1. The number of rotatable bonds is 5. The lowest BCUT2D eigenvalue weighted by Gasteiger charge is -1.99. The van der Waals surface area contributed by atoms with Gasteiger partial charge in [-0.05, 0) is 34.5 Å². The molecule has 0 saturated carbocycles. The van der Waals surface area contributed by atoms with E-state index in [4.69, 9.17) is 0 Å². The third-order valence-corrected chi connectivity index (χ3v) is 3.77. The molecule has 0 aromatic carbocycles. The number of aromatic nitrogens is 3. The van der Waals surface area contributed by atoms with Gasteiger partial charge in [-0.2, -0.15) is 4.98 Å². The van der Waals surface area contributed by atoms with Gasteiger partial charge in [-0.1, -0.05) is 0 Å². The molecule has 0 aliphatic heterocycles. The van der Waals surface area contributed by atoms with Gasteiger partial charge in [0.25, 0.3) is 0 Å². The zero-order valence-electron chi connectivity index (χ0n) is 9.80. The van der Waals surface area contributed by atoms with Gasteiger partial charge in [-0.25, -0.2) is 12.9 Å². The van der Waals surface area contributed by atoms with Crippen LogP contribution in [0.15, 0.2) is 22.8 Å². The molecule has 0 radical (unpaired) electrons. The van der Waals surface area contributed by atoms with E-state index in [-0.39, 0.29) is 5.75 Å². The Morgan fingerprint density at radius 1 is 1.44 bits per heavy atom. The van der Waals surface area contributed by atoms with Gasteiger partial charge >= 0.3 is 0 Å². The number of nitrogens with one attached hydrogen (secondary N) is 1. The minimum atomic E-state index is -2.90. The molecule has 2 rings (SSSR count). The molecule has 0 amide bonds. The van der Waals surface area contributed by atoms with Crippen molar-refractivity contribution < 1.29 is 8.42 Å². The summed E-state index contributed by atoms with van der Waals surface area (Å²) in [5.41, 5.74) is 0.740. The number of hydrogen-bond donors (Lipinski definition) is 1. The molecule has 0 fully saturated rings. The van der Waals surface area contributed by atoms with Crippen molar-refractivity contribution in [3.63, 3.8) is 0 Å². The van der Waals surface area contributed by atoms with E-state index in [2.05, 4.69) is 31.3 Å². The van der Waals surface area contributed by atoms with Crippen LogP contribution in [-0.4, -0.2) is 41.6 Å². The molecule has 6 nitrogen and oxygen atoms in total. The molecule has 18 heavy (non-hydrogen) atoms. The molecule has 0 atom stereocenters. The fraction of sp³-hybridized carbons (Fsp3) is 0.400. The summed E-state index contributed by atoms with van der Waals surface area (Å²) in [6, 6.07) is 3.73. The number of sulfone groups is 1. The molecule has 0 saturated heterocycles. The van der Waals surface area contributed by atoms with Crippen LogP contribution in [0.25, 0.3) is 5.65 Å². The highest BCUT2D eigenvalue weighted by Crippen LogP contribution is 2.12. The largest absolute Gasteiger partial charge is 0.353 e. The summed E-state index contributed by atoms with van der Waals surface area (Å²) >= 11 is 3.35. The highest BCUT2D eigenvalue weighted by molar-refractivity contribution is 9.10. The average Bonchev–Trinajstić information content (AvgIpc) is 2.65. The molecule has 0 aliphatic carbocycles. The Labute approximate surface area is 113 Å². The van der Waals surface area contributed by atoms with E-state index in [9.17, 15) is 8.42 Å². The van der Waals surface area contributed by atoms with E-state index < -0.39 is 9.84 Å². The summed E-state index contributed by atoms with van der Waals surface area (Å²) < 4.78 is 24.5. The average molecular weight is 333 g/mol. The minimum absolute atomic E-state index is 0.166. The minimum Gasteiger partial charge on any atom is -0.353 e. The van der Waals surface area contributed by atoms with Crippen LogP contribution in [-0.2, 0) is 9.84 Å². The Morgan fingerprint density at radius 2 is 2.22 bits per heavy atom. The van der Waals surface area contributed by atoms with Crippen molar-refractivity contribution in [3.8, 4) is 0 Å². The van der Waals surface area contributed by atoms with E-state index >= 15 is 0 Å². The lowest BCUT2D eigenvalue weighted by Crippen LogP contribution is -2.10. The Hall–Kier alpha value is -1.15. The molecular formula is C10H13BrN4O2S. The molecule has 8 heteroatoms. The molecule has 2 heterocycles. The first kappa shape index (κ1) is 13.3. The molecular weight excluding hydrogens is 320 g/mol. The van der Waals surface area contributed by atoms with Crippen LogP contribution in [0.2, 0.25) is 0 Å². The summed E-state index contributed by atoms with van der Waals surface area (Å²) in [7, 11) is -2.90. The Kier molecular flexibility index (Phi) is 3.86. The Morgan fingerprint density at radius 3 is 2.94 bits per heavy atom. The lowest BCUT2D eigenvalue weighted by molar-refractivity contribution is 0.600. The predicted molar refractivity (Wildman–Crippen MR) is 73.5 cm³/mol. The predicted octanol–water partition coefficient (Wildman–Crippen LogP) is 1.34. The smallest absolute Gasteiger partial charge is 0.243 e. The summed E-state index contributed by atoms with van der Waals surface area (Å²) in [5.74, 6) is 0.667. The zero-order valence-corrected chi connectivity index (χ0v) is 12.2. The van der Waals surface area contributed by atoms with Crippen LogP contribution in [0.3, 0.4) is 0 Å². The number of anilines is 1. The van der Waals surface area contributed by atoms with Crippen molar-refractivity contribution in [1.29, 1.82) is 0 Å². The first-order valence-electron chi connectivity index (χ1n) is 5.37. The molecule has 98 valence electrons. The molecule has 0 unspecified atom stereocenters. The highest BCUT2D eigenvalue weighted by atomic mass is 79.9. The highest BCUT2D eigenvalue weighted by Gasteiger charge is 2.04. The number of halogens is 1. The summed E-state index contributed by atoms with van der Waals surface area (Å²) in [5, 5.41) is 7.23. The maximum Gasteiger partial charge on any atom is 0.243 e. The fourth-order valence-corrected chi connectivity index (χ4v) is 2.46. The van der Waals surface area contributed by atoms with Crippen LogP contribution in [0.4, 0.5) is 5.95 Å². The second-order valence-electron chi connectivity index (χ2n) is 4.00. The first-order chi connectivity index (χ1) is 8.44. The van der Waals surface area contributed by atoms with E-state index in [1.807, 2.05) is 18.3 Å². The Bertz CT molecular complexity index is 653. The maximum absolute atomic E-state index is 11.0. The van der Waals surface area contributed by atoms with Crippen LogP contribution < -0.4 is 5.32 Å². The second-order valence-corrected chi connectivity index (χ2v) is 7.17. The molecule has 2 aromatic rings. The monoisotopic (exact) mass is 332 g/mol. The van der Waals surface area contributed by atoms with E-state index in [1.54, 1.807) is 4.52 Å². The van der Waals surface area contributed by atoms with Gasteiger partial charge in [0.15, 0.2) is 5.65 Å². The maximum atomic E-state index is 11.0. The van der Waals surface area contributed by atoms with Gasteiger partial charge in [0.1, 0.15) is 9.84 Å². The second kappa shape index (κ2) is 5.23. The van der Waals surface area contributed by atoms with Gasteiger partial charge in [0.05, 0.1) is 5.75 Å². The van der Waals surface area contributed by atoms with Crippen LogP contribution in [0.1, 0.15) is 6.42 Å². The normalized spacial score (nSPS) is 11.9. The number of fused-ring (bicyclic) bond motifs is 1. The van der Waals surface area contributed by atoms with Crippen molar-refractivity contribution in [1.82, 2.24) is 14.6 Å². The number of hydrogen-bond acceptors (Lipinski definition) is 5. The van der Waals surface area contributed by atoms with Crippen LogP contribution >= 0.6 is 15.9 Å². The fourth-order valence-electron chi connectivity index (χ4n) is 1.47. The van der Waals surface area contributed by atoms with Crippen LogP contribution in [0.5, 0.6) is 0 Å². The van der Waals surface area contributed by atoms with Gasteiger partial charge in [0.2, 0.25) is 5.95 Å². The number of nitrogens with zero attached hydrogens (tertiary/aromatic N) is 3. The van der Waals surface area contributed by atoms with Crippen molar-refractivity contribution in [2.45, 2.75) is 6.42 Å². The van der Waals surface area contributed by atoms with E-state index in [0.29, 0.717) is 18.9 Å². The first-order valence-corrected chi connectivity index (χ1v) is 8.23. The third-order valence-electron chi connectivity index (χ3n) is 2.27. The van der Waals surface area contributed by atoms with Crippen molar-refractivity contribution in [2.75, 3.05) is 23.9 Å². The molecule has 0 bridgehead atoms. The summed E-state index contributed by atoms with van der Waals surface area (Å²) in [6.45, 7) is 0.533. The summed E-state index contributed by atoms with van der Waals surface area (Å²) in [4.78, 5) is 4.26. The topological polar surface area (TPSA) is 76.4 Å². The van der Waals surface area contributed by atoms with Crippen molar-refractivity contribution >= 4 is 37.4 Å². The van der Waals surface area contributed by atoms with Crippen LogP contribution in [0, 0.1) is 0 Å². The van der Waals surface area contributed by atoms with E-state index in [0.717, 1.165) is 10.1 Å².